The molecule has 36 heavy (non-hydrogen) atoms. The second kappa shape index (κ2) is 12.0. The fourth-order valence-corrected chi connectivity index (χ4v) is 5.22. The van der Waals surface area contributed by atoms with Gasteiger partial charge in [0.05, 0.1) is 12.2 Å². The smallest absolute Gasteiger partial charge is 0.206 e. The van der Waals surface area contributed by atoms with Gasteiger partial charge in [0, 0.05) is 30.2 Å². The third kappa shape index (κ3) is 6.04. The van der Waals surface area contributed by atoms with Crippen LogP contribution in [0.2, 0.25) is 0 Å². The molecule has 1 fully saturated rings. The summed E-state index contributed by atoms with van der Waals surface area (Å²) in [7, 11) is 0. The molecule has 1 N–H and O–H groups in total. The second-order valence-corrected chi connectivity index (χ2v) is 9.93. The number of tetrazole rings is 1. The zero-order valence-electron chi connectivity index (χ0n) is 21.2. The van der Waals surface area contributed by atoms with Crippen molar-refractivity contribution in [1.29, 1.82) is 0 Å². The zero-order chi connectivity index (χ0) is 24.6. The SMILES string of the molecule is CCCCCc1nc(CCC2CCCCC2)nn1Cc1ccc(-c2ncccc2-c2nn[nH]n2)cc1. The van der Waals surface area contributed by atoms with Crippen molar-refractivity contribution in [3.8, 4) is 22.6 Å². The summed E-state index contributed by atoms with van der Waals surface area (Å²) in [6.45, 7) is 2.98. The van der Waals surface area contributed by atoms with Crippen molar-refractivity contribution in [2.45, 2.75) is 84.1 Å². The number of hydrogen-bond donors (Lipinski definition) is 1. The predicted molar refractivity (Wildman–Crippen MR) is 140 cm³/mol. The minimum absolute atomic E-state index is 0.544. The van der Waals surface area contributed by atoms with Crippen LogP contribution < -0.4 is 0 Å². The highest BCUT2D eigenvalue weighted by molar-refractivity contribution is 5.76. The number of H-pyrrole nitrogens is 1. The van der Waals surface area contributed by atoms with Gasteiger partial charge < -0.3 is 0 Å². The maximum atomic E-state index is 4.99. The molecule has 4 aromatic rings. The molecule has 3 heterocycles. The lowest BCUT2D eigenvalue weighted by atomic mass is 9.86. The standard InChI is InChI=1S/C28H36N8/c1-2-3-5-12-26-30-25(18-15-21-9-6-4-7-10-21)33-36(26)20-22-13-16-23(17-14-22)27-24(11-8-19-29-27)28-31-34-35-32-28/h8,11,13-14,16-17,19,21H,2-7,9-10,12,15,18,20H2,1H3,(H,31,32,34,35). The van der Waals surface area contributed by atoms with Gasteiger partial charge in [-0.1, -0.05) is 76.1 Å². The normalized spacial score (nSPS) is 14.4. The highest BCUT2D eigenvalue weighted by Crippen LogP contribution is 2.29. The van der Waals surface area contributed by atoms with Gasteiger partial charge in [0.25, 0.3) is 0 Å². The number of aromatic nitrogens is 8. The molecule has 1 aliphatic rings. The minimum atomic E-state index is 0.544. The first-order valence-corrected chi connectivity index (χ1v) is 13.5. The maximum absolute atomic E-state index is 4.99. The van der Waals surface area contributed by atoms with Gasteiger partial charge in [0.1, 0.15) is 5.82 Å². The Balaban J connectivity index is 1.31. The van der Waals surface area contributed by atoms with Crippen LogP contribution in [0.15, 0.2) is 42.6 Å². The summed E-state index contributed by atoms with van der Waals surface area (Å²) in [5, 5.41) is 19.4. The number of benzene rings is 1. The first-order valence-electron chi connectivity index (χ1n) is 13.5. The number of unbranched alkanes of at least 4 members (excludes halogenated alkanes) is 2. The molecule has 1 saturated carbocycles. The minimum Gasteiger partial charge on any atom is -0.255 e. The summed E-state index contributed by atoms with van der Waals surface area (Å²) in [6.07, 6.45) is 15.5. The topological polar surface area (TPSA) is 98.1 Å². The molecule has 3 aromatic heterocycles. The van der Waals surface area contributed by atoms with Crippen LogP contribution in [0.1, 0.15) is 81.9 Å². The van der Waals surface area contributed by atoms with Crippen LogP contribution in [0.25, 0.3) is 22.6 Å². The third-order valence-electron chi connectivity index (χ3n) is 7.25. The molecule has 0 unspecified atom stereocenters. The molecule has 0 radical (unpaired) electrons. The number of nitrogens with one attached hydrogen (secondary N) is 1. The van der Waals surface area contributed by atoms with Gasteiger partial charge >= 0.3 is 0 Å². The Labute approximate surface area is 213 Å². The van der Waals surface area contributed by atoms with E-state index in [2.05, 4.69) is 61.5 Å². The summed E-state index contributed by atoms with van der Waals surface area (Å²) in [5.41, 5.74) is 3.93. The molecule has 0 bridgehead atoms. The highest BCUT2D eigenvalue weighted by atomic mass is 15.5. The van der Waals surface area contributed by atoms with Crippen molar-refractivity contribution >= 4 is 0 Å². The van der Waals surface area contributed by atoms with Crippen LogP contribution in [-0.2, 0) is 19.4 Å². The van der Waals surface area contributed by atoms with E-state index in [9.17, 15) is 0 Å². The fourth-order valence-electron chi connectivity index (χ4n) is 5.22. The van der Waals surface area contributed by atoms with Gasteiger partial charge in [-0.25, -0.2) is 9.67 Å². The Kier molecular flexibility index (Phi) is 8.10. The summed E-state index contributed by atoms with van der Waals surface area (Å²) in [5.74, 6) is 3.53. The molecule has 5 rings (SSSR count). The molecule has 0 spiro atoms. The molecule has 0 aliphatic heterocycles. The van der Waals surface area contributed by atoms with Crippen LogP contribution >= 0.6 is 0 Å². The van der Waals surface area contributed by atoms with E-state index in [-0.39, 0.29) is 0 Å². The lowest BCUT2D eigenvalue weighted by molar-refractivity contribution is 0.337. The average molecular weight is 485 g/mol. The van der Waals surface area contributed by atoms with E-state index in [0.29, 0.717) is 5.82 Å². The Morgan fingerprint density at radius 2 is 1.86 bits per heavy atom. The molecule has 0 saturated heterocycles. The van der Waals surface area contributed by atoms with E-state index >= 15 is 0 Å². The van der Waals surface area contributed by atoms with Crippen LogP contribution in [-0.4, -0.2) is 40.4 Å². The lowest BCUT2D eigenvalue weighted by Gasteiger charge is -2.20. The van der Waals surface area contributed by atoms with Gasteiger partial charge in [-0.3, -0.25) is 4.98 Å². The highest BCUT2D eigenvalue weighted by Gasteiger charge is 2.17. The summed E-state index contributed by atoms with van der Waals surface area (Å²) < 4.78 is 2.13. The van der Waals surface area contributed by atoms with Crippen LogP contribution in [0, 0.1) is 5.92 Å². The first-order chi connectivity index (χ1) is 17.8. The monoisotopic (exact) mass is 484 g/mol. The van der Waals surface area contributed by atoms with Crippen LogP contribution in [0.4, 0.5) is 0 Å². The third-order valence-corrected chi connectivity index (χ3v) is 7.25. The van der Waals surface area contributed by atoms with Crippen molar-refractivity contribution in [2.75, 3.05) is 0 Å². The van der Waals surface area contributed by atoms with E-state index in [0.717, 1.165) is 60.2 Å². The van der Waals surface area contributed by atoms with E-state index in [1.54, 1.807) is 6.20 Å². The number of aryl methyl sites for hydroxylation is 2. The molecule has 8 heteroatoms. The molecule has 0 amide bonds. The summed E-state index contributed by atoms with van der Waals surface area (Å²) >= 11 is 0. The van der Waals surface area contributed by atoms with Gasteiger partial charge in [0.15, 0.2) is 5.82 Å². The Morgan fingerprint density at radius 1 is 1.00 bits per heavy atom. The van der Waals surface area contributed by atoms with Gasteiger partial charge in [-0.05, 0) is 41.7 Å². The van der Waals surface area contributed by atoms with Crippen molar-refractivity contribution in [3.05, 3.63) is 59.8 Å². The second-order valence-electron chi connectivity index (χ2n) is 9.93. The fraction of sp³-hybridized carbons (Fsp3) is 0.500. The Morgan fingerprint density at radius 3 is 2.64 bits per heavy atom. The number of pyridine rings is 1. The predicted octanol–water partition coefficient (Wildman–Crippen LogP) is 5.81. The maximum Gasteiger partial charge on any atom is 0.206 e. The molecule has 1 aliphatic carbocycles. The summed E-state index contributed by atoms with van der Waals surface area (Å²) in [6, 6.07) is 12.4. The molecular weight excluding hydrogens is 448 g/mol. The quantitative estimate of drug-likeness (QED) is 0.270. The summed E-state index contributed by atoms with van der Waals surface area (Å²) in [4.78, 5) is 9.57. The molecular formula is C28H36N8. The van der Waals surface area contributed by atoms with Gasteiger partial charge in [0.2, 0.25) is 5.82 Å². The lowest BCUT2D eigenvalue weighted by Crippen LogP contribution is -2.08. The van der Waals surface area contributed by atoms with E-state index in [1.165, 1.54) is 56.9 Å². The molecule has 188 valence electrons. The number of aromatic amines is 1. The zero-order valence-corrected chi connectivity index (χ0v) is 21.2. The van der Waals surface area contributed by atoms with Crippen LogP contribution in [0.5, 0.6) is 0 Å². The van der Waals surface area contributed by atoms with Crippen molar-refractivity contribution in [2.24, 2.45) is 5.92 Å². The van der Waals surface area contributed by atoms with Gasteiger partial charge in [-0.15, -0.1) is 10.2 Å². The van der Waals surface area contributed by atoms with Crippen molar-refractivity contribution < 1.29 is 0 Å². The largest absolute Gasteiger partial charge is 0.255 e. The van der Waals surface area contributed by atoms with Crippen molar-refractivity contribution in [1.82, 2.24) is 40.4 Å². The number of rotatable bonds is 11. The van der Waals surface area contributed by atoms with Crippen molar-refractivity contribution in [3.63, 3.8) is 0 Å². The van der Waals surface area contributed by atoms with E-state index in [4.69, 9.17) is 10.1 Å². The molecule has 0 atom stereocenters. The van der Waals surface area contributed by atoms with Gasteiger partial charge in [-0.2, -0.15) is 10.3 Å². The number of hydrogen-bond acceptors (Lipinski definition) is 6. The van der Waals surface area contributed by atoms with E-state index in [1.807, 2.05) is 12.1 Å². The van der Waals surface area contributed by atoms with E-state index < -0.39 is 0 Å². The first kappa shape index (κ1) is 24.3. The average Bonchev–Trinajstić information content (AvgIpc) is 3.59. The molecule has 1 aromatic carbocycles. The Bertz CT molecular complexity index is 1210. The van der Waals surface area contributed by atoms with Crippen LogP contribution in [0.3, 0.4) is 0 Å². The Hall–Kier alpha value is -3.42. The molecule has 8 nitrogen and oxygen atoms in total. The number of nitrogens with zero attached hydrogens (tertiary/aromatic N) is 7.